The molecule has 1 aromatic heterocycles. The number of thiophene rings is 1. The molecule has 3 aromatic rings. The molecular weight excluding hydrogens is 689 g/mol. The number of phenols is 1. The number of aromatic hydroxyl groups is 1. The van der Waals surface area contributed by atoms with Crippen molar-refractivity contribution in [2.45, 2.75) is 51.7 Å². The smallest absolute Gasteiger partial charge is 0.234 e. The molecule has 44 heavy (non-hydrogen) atoms. The van der Waals surface area contributed by atoms with E-state index in [0.717, 1.165) is 39.1 Å². The summed E-state index contributed by atoms with van der Waals surface area (Å²) in [6.07, 6.45) is 4.02. The van der Waals surface area contributed by atoms with Crippen molar-refractivity contribution in [2.24, 2.45) is 17.8 Å². The van der Waals surface area contributed by atoms with Gasteiger partial charge in [-0.2, -0.15) is 0 Å². The van der Waals surface area contributed by atoms with Crippen LogP contribution in [0.15, 0.2) is 71.1 Å². The van der Waals surface area contributed by atoms with Crippen LogP contribution in [0.5, 0.6) is 11.5 Å². The van der Waals surface area contributed by atoms with Gasteiger partial charge in [-0.25, -0.2) is 0 Å². The first kappa shape index (κ1) is 32.4. The highest BCUT2D eigenvalue weighted by Crippen LogP contribution is 2.48. The summed E-state index contributed by atoms with van der Waals surface area (Å²) in [5.74, 6) is -1.75. The molecule has 4 atom stereocenters. The molecule has 1 fully saturated rings. The average Bonchev–Trinajstić information content (AvgIpc) is 3.63. The molecule has 0 saturated carbocycles. The highest BCUT2D eigenvalue weighted by Gasteiger charge is 2.54. The van der Waals surface area contributed by atoms with Crippen LogP contribution >= 0.6 is 33.9 Å². The minimum atomic E-state index is -0.884. The topological polar surface area (TPSA) is 107 Å². The molecule has 2 aromatic carbocycles. The Bertz CT molecular complexity index is 1550. The number of rotatable bonds is 12. The summed E-state index contributed by atoms with van der Waals surface area (Å²) < 4.78 is 6.04. The molecule has 7 nitrogen and oxygen atoms in total. The number of hydrogen-bond acceptors (Lipinski definition) is 7. The predicted molar refractivity (Wildman–Crippen MR) is 181 cm³/mol. The number of carbonyl (C=O) groups excluding carboxylic acids is 2. The number of aliphatic hydroxyl groups is 2. The molecule has 0 radical (unpaired) electrons. The highest BCUT2D eigenvalue weighted by molar-refractivity contribution is 14.1. The van der Waals surface area contributed by atoms with Crippen LogP contribution < -0.4 is 4.74 Å². The lowest BCUT2D eigenvalue weighted by Gasteiger charge is -2.36. The van der Waals surface area contributed by atoms with Crippen molar-refractivity contribution in [3.05, 3.63) is 90.7 Å². The lowest BCUT2D eigenvalue weighted by Crippen LogP contribution is -2.39. The number of ether oxygens (including phenoxy) is 1. The second-order valence-corrected chi connectivity index (χ2v) is 13.6. The largest absolute Gasteiger partial charge is 0.504 e. The van der Waals surface area contributed by atoms with Gasteiger partial charge < -0.3 is 20.1 Å². The van der Waals surface area contributed by atoms with E-state index in [2.05, 4.69) is 29.5 Å². The third kappa shape index (κ3) is 6.66. The maximum atomic E-state index is 13.7. The molecule has 1 saturated heterocycles. The Balaban J connectivity index is 1.44. The van der Waals surface area contributed by atoms with Gasteiger partial charge in [-0.15, -0.1) is 11.3 Å². The van der Waals surface area contributed by atoms with Crippen molar-refractivity contribution < 1.29 is 29.6 Å². The molecule has 2 aliphatic rings. The maximum absolute atomic E-state index is 13.7. The van der Waals surface area contributed by atoms with Gasteiger partial charge in [-0.05, 0) is 94.1 Å². The van der Waals surface area contributed by atoms with Gasteiger partial charge in [-0.1, -0.05) is 61.4 Å². The molecule has 2 heterocycles. The number of benzene rings is 2. The van der Waals surface area contributed by atoms with Crippen LogP contribution in [0.2, 0.25) is 0 Å². The monoisotopic (exact) mass is 727 g/mol. The van der Waals surface area contributed by atoms with E-state index in [1.807, 2.05) is 60.0 Å². The van der Waals surface area contributed by atoms with E-state index in [1.165, 1.54) is 23.3 Å². The first-order valence-corrected chi connectivity index (χ1v) is 16.9. The predicted octanol–water partition coefficient (Wildman–Crippen LogP) is 6.66. The summed E-state index contributed by atoms with van der Waals surface area (Å²) in [7, 11) is 1.52. The summed E-state index contributed by atoms with van der Waals surface area (Å²) in [5.41, 5.74) is 4.57. The fourth-order valence-corrected chi connectivity index (χ4v) is 8.03. The first-order chi connectivity index (χ1) is 21.3. The van der Waals surface area contributed by atoms with Gasteiger partial charge in [0, 0.05) is 10.8 Å². The molecular formula is C35H38INO6S. The fraction of sp³-hybridized carbons (Fsp3) is 0.371. The summed E-state index contributed by atoms with van der Waals surface area (Å²) in [4.78, 5) is 29.5. The summed E-state index contributed by atoms with van der Waals surface area (Å²) in [5, 5.41) is 34.7. The number of amides is 2. The van der Waals surface area contributed by atoms with Gasteiger partial charge in [0.05, 0.1) is 41.8 Å². The number of fused-ring (bicyclic) bond motifs is 1. The van der Waals surface area contributed by atoms with Crippen molar-refractivity contribution in [2.75, 3.05) is 13.7 Å². The Morgan fingerprint density at radius 2 is 1.93 bits per heavy atom. The molecule has 232 valence electrons. The number of carbonyl (C=O) groups is 2. The van der Waals surface area contributed by atoms with Crippen molar-refractivity contribution in [1.29, 1.82) is 0 Å². The SMILES string of the molecule is CCCC1=C([C@H](O)CC/C(=C/c2cc(I)c(O)c(OC)c2)c2ccccc2)[C@H](CO)[C@@H]2C(=O)N(Cc3cccs3)C(=O)[C@@H]2C1. The summed E-state index contributed by atoms with van der Waals surface area (Å²) >= 11 is 3.58. The zero-order chi connectivity index (χ0) is 31.4. The Morgan fingerprint density at radius 1 is 1.16 bits per heavy atom. The average molecular weight is 728 g/mol. The normalized spacial score (nSPS) is 21.2. The van der Waals surface area contributed by atoms with Crippen LogP contribution in [-0.4, -0.2) is 51.9 Å². The number of phenolic OH excluding ortho intramolecular Hbond substituents is 1. The number of nitrogens with zero attached hydrogens (tertiary/aromatic N) is 1. The van der Waals surface area contributed by atoms with E-state index < -0.39 is 23.9 Å². The lowest BCUT2D eigenvalue weighted by molar-refractivity contribution is -0.140. The molecule has 3 N–H and O–H groups in total. The lowest BCUT2D eigenvalue weighted by atomic mass is 9.67. The molecule has 0 spiro atoms. The second kappa shape index (κ2) is 14.4. The van der Waals surface area contributed by atoms with Crippen molar-refractivity contribution in [3.63, 3.8) is 0 Å². The first-order valence-electron chi connectivity index (χ1n) is 15.0. The van der Waals surface area contributed by atoms with Gasteiger partial charge >= 0.3 is 0 Å². The van der Waals surface area contributed by atoms with E-state index in [4.69, 9.17) is 4.74 Å². The Labute approximate surface area is 276 Å². The van der Waals surface area contributed by atoms with Crippen LogP contribution in [0.1, 0.15) is 55.0 Å². The van der Waals surface area contributed by atoms with E-state index in [1.54, 1.807) is 6.07 Å². The molecule has 0 bridgehead atoms. The molecule has 0 unspecified atom stereocenters. The van der Waals surface area contributed by atoms with E-state index in [0.29, 0.717) is 35.0 Å². The zero-order valence-electron chi connectivity index (χ0n) is 24.9. The number of imide groups is 1. The minimum absolute atomic E-state index is 0.0943. The Kier molecular flexibility index (Phi) is 10.6. The number of methoxy groups -OCH3 is 1. The third-order valence-corrected chi connectivity index (χ3v) is 10.4. The number of aliphatic hydroxyl groups excluding tert-OH is 2. The van der Waals surface area contributed by atoms with Crippen LogP contribution in [0.25, 0.3) is 11.6 Å². The van der Waals surface area contributed by atoms with Crippen molar-refractivity contribution in [3.8, 4) is 11.5 Å². The van der Waals surface area contributed by atoms with Crippen molar-refractivity contribution in [1.82, 2.24) is 4.90 Å². The van der Waals surface area contributed by atoms with E-state index >= 15 is 0 Å². The van der Waals surface area contributed by atoms with E-state index in [9.17, 15) is 24.9 Å². The van der Waals surface area contributed by atoms with Crippen LogP contribution in [0, 0.1) is 21.3 Å². The number of halogens is 1. The van der Waals surface area contributed by atoms with Gasteiger partial charge in [0.25, 0.3) is 0 Å². The van der Waals surface area contributed by atoms with Crippen LogP contribution in [-0.2, 0) is 16.1 Å². The molecule has 1 aliphatic carbocycles. The number of allylic oxidation sites excluding steroid dienone is 2. The van der Waals surface area contributed by atoms with E-state index in [-0.39, 0.29) is 30.7 Å². The van der Waals surface area contributed by atoms with Gasteiger partial charge in [0.15, 0.2) is 11.5 Å². The summed E-state index contributed by atoms with van der Waals surface area (Å²) in [6.45, 7) is 2.00. The minimum Gasteiger partial charge on any atom is -0.504 e. The molecule has 1 aliphatic heterocycles. The quantitative estimate of drug-likeness (QED) is 0.0835. The Morgan fingerprint density at radius 3 is 2.59 bits per heavy atom. The standard InChI is InChI=1S/C35H38INO6S/c1-3-8-24-18-26-32(35(42)37(34(26)41)19-25-11-7-14-44-25)27(20-38)31(24)29(39)13-12-23(22-9-5-4-6-10-22)15-21-16-28(36)33(40)30(17-21)43-2/h4-7,9-11,14-17,26-27,29,32,38-40H,3,8,12-13,18-20H2,1-2H3/b23-15-/t26-,27+,29-,32-/m1/s1. The molecule has 2 amide bonds. The van der Waals surface area contributed by atoms with Gasteiger partial charge in [0.1, 0.15) is 0 Å². The zero-order valence-corrected chi connectivity index (χ0v) is 27.9. The second-order valence-electron chi connectivity index (χ2n) is 11.4. The van der Waals surface area contributed by atoms with Gasteiger partial charge in [-0.3, -0.25) is 14.5 Å². The fourth-order valence-electron chi connectivity index (χ4n) is 6.71. The Hall–Kier alpha value is -2.99. The van der Waals surface area contributed by atoms with Gasteiger partial charge in [0.2, 0.25) is 11.8 Å². The third-order valence-electron chi connectivity index (χ3n) is 8.72. The number of likely N-dealkylation sites (tertiary alicyclic amines) is 1. The highest BCUT2D eigenvalue weighted by atomic mass is 127. The maximum Gasteiger partial charge on any atom is 0.234 e. The van der Waals surface area contributed by atoms with Crippen LogP contribution in [0.3, 0.4) is 0 Å². The van der Waals surface area contributed by atoms with Crippen molar-refractivity contribution >= 4 is 57.4 Å². The van der Waals surface area contributed by atoms with Crippen LogP contribution in [0.4, 0.5) is 0 Å². The molecule has 9 heteroatoms. The molecule has 5 rings (SSSR count). The summed E-state index contributed by atoms with van der Waals surface area (Å²) in [6, 6.07) is 17.4. The number of hydrogen-bond donors (Lipinski definition) is 3.